The summed E-state index contributed by atoms with van der Waals surface area (Å²) in [7, 11) is 0. The van der Waals surface area contributed by atoms with Crippen molar-refractivity contribution in [2.75, 3.05) is 6.54 Å². The molecular formula is C12H13N3O2S. The van der Waals surface area contributed by atoms with Crippen molar-refractivity contribution in [3.8, 4) is 0 Å². The van der Waals surface area contributed by atoms with Crippen LogP contribution in [-0.4, -0.2) is 32.6 Å². The van der Waals surface area contributed by atoms with Crippen molar-refractivity contribution in [3.05, 3.63) is 22.8 Å². The van der Waals surface area contributed by atoms with Crippen LogP contribution in [0.3, 0.4) is 0 Å². The zero-order valence-corrected chi connectivity index (χ0v) is 10.8. The van der Waals surface area contributed by atoms with Crippen LogP contribution >= 0.6 is 11.3 Å². The van der Waals surface area contributed by atoms with Gasteiger partial charge in [-0.25, -0.2) is 14.8 Å². The fourth-order valence-electron chi connectivity index (χ4n) is 2.33. The van der Waals surface area contributed by atoms with E-state index in [1.54, 1.807) is 17.5 Å². The summed E-state index contributed by atoms with van der Waals surface area (Å²) in [5, 5.41) is 10.0. The lowest BCUT2D eigenvalue weighted by Gasteiger charge is -2.18. The molecule has 0 unspecified atom stereocenters. The molecule has 1 atom stereocenters. The molecule has 0 saturated carbocycles. The zero-order chi connectivity index (χ0) is 12.7. The quantitative estimate of drug-likeness (QED) is 0.859. The summed E-state index contributed by atoms with van der Waals surface area (Å²) in [6.45, 7) is 2.59. The molecule has 18 heavy (non-hydrogen) atoms. The maximum absolute atomic E-state index is 11.1. The highest BCUT2D eigenvalue weighted by atomic mass is 32.1. The Morgan fingerprint density at radius 1 is 1.61 bits per heavy atom. The molecule has 0 radical (unpaired) electrons. The topological polar surface area (TPSA) is 66.3 Å². The summed E-state index contributed by atoms with van der Waals surface area (Å²) >= 11 is 1.55. The number of carbonyl (C=O) groups is 1. The molecule has 2 aromatic rings. The SMILES string of the molecule is Cc1cnc2nc([C@H]3CCCN3C(=O)O)sc2c1. The fourth-order valence-corrected chi connectivity index (χ4v) is 3.50. The molecule has 94 valence electrons. The minimum atomic E-state index is -0.860. The first kappa shape index (κ1) is 11.4. The number of likely N-dealkylation sites (tertiary alicyclic amines) is 1. The first-order chi connectivity index (χ1) is 8.65. The monoisotopic (exact) mass is 263 g/mol. The highest BCUT2D eigenvalue weighted by Crippen LogP contribution is 2.36. The van der Waals surface area contributed by atoms with Crippen molar-refractivity contribution in [2.45, 2.75) is 25.8 Å². The Balaban J connectivity index is 2.01. The first-order valence-electron chi connectivity index (χ1n) is 5.88. The van der Waals surface area contributed by atoms with E-state index in [2.05, 4.69) is 9.97 Å². The first-order valence-corrected chi connectivity index (χ1v) is 6.69. The van der Waals surface area contributed by atoms with Gasteiger partial charge in [0.1, 0.15) is 5.01 Å². The van der Waals surface area contributed by atoms with E-state index in [0.717, 1.165) is 33.8 Å². The van der Waals surface area contributed by atoms with Crippen molar-refractivity contribution < 1.29 is 9.90 Å². The lowest BCUT2D eigenvalue weighted by atomic mass is 10.2. The predicted octanol–water partition coefficient (Wildman–Crippen LogP) is 2.81. The summed E-state index contributed by atoms with van der Waals surface area (Å²) < 4.78 is 1.03. The van der Waals surface area contributed by atoms with Crippen molar-refractivity contribution in [1.29, 1.82) is 0 Å². The average molecular weight is 263 g/mol. The zero-order valence-electron chi connectivity index (χ0n) is 9.96. The number of amides is 1. The number of fused-ring (bicyclic) bond motifs is 1. The number of nitrogens with zero attached hydrogens (tertiary/aromatic N) is 3. The van der Waals surface area contributed by atoms with Crippen molar-refractivity contribution >= 4 is 27.8 Å². The van der Waals surface area contributed by atoms with Crippen LogP contribution in [0.25, 0.3) is 10.3 Å². The Kier molecular flexibility index (Phi) is 2.66. The molecule has 0 spiro atoms. The van der Waals surface area contributed by atoms with E-state index in [1.807, 2.05) is 13.0 Å². The van der Waals surface area contributed by atoms with Crippen LogP contribution in [0.4, 0.5) is 4.79 Å². The van der Waals surface area contributed by atoms with Gasteiger partial charge in [-0.1, -0.05) is 0 Å². The third-order valence-corrected chi connectivity index (χ3v) is 4.28. The minimum Gasteiger partial charge on any atom is -0.465 e. The van der Waals surface area contributed by atoms with Gasteiger partial charge in [-0.2, -0.15) is 0 Å². The van der Waals surface area contributed by atoms with Gasteiger partial charge < -0.3 is 5.11 Å². The normalized spacial score (nSPS) is 19.6. The van der Waals surface area contributed by atoms with Crippen LogP contribution in [0, 0.1) is 6.92 Å². The van der Waals surface area contributed by atoms with Crippen LogP contribution in [0.5, 0.6) is 0 Å². The Bertz CT molecular complexity index is 610. The number of hydrogen-bond donors (Lipinski definition) is 1. The molecule has 5 nitrogen and oxygen atoms in total. The summed E-state index contributed by atoms with van der Waals surface area (Å²) in [5.74, 6) is 0. The van der Waals surface area contributed by atoms with Gasteiger partial charge in [0.15, 0.2) is 5.65 Å². The summed E-state index contributed by atoms with van der Waals surface area (Å²) in [4.78, 5) is 21.4. The number of aryl methyl sites for hydroxylation is 1. The number of thiazole rings is 1. The van der Waals surface area contributed by atoms with Crippen molar-refractivity contribution in [3.63, 3.8) is 0 Å². The molecule has 6 heteroatoms. The average Bonchev–Trinajstić information content (AvgIpc) is 2.93. The van der Waals surface area contributed by atoms with Crippen LogP contribution in [0.1, 0.15) is 29.5 Å². The lowest BCUT2D eigenvalue weighted by Crippen LogP contribution is -2.28. The van der Waals surface area contributed by atoms with Gasteiger partial charge >= 0.3 is 6.09 Å². The van der Waals surface area contributed by atoms with Crippen molar-refractivity contribution in [1.82, 2.24) is 14.9 Å². The van der Waals surface area contributed by atoms with E-state index in [-0.39, 0.29) is 6.04 Å². The third kappa shape index (κ3) is 1.82. The second kappa shape index (κ2) is 4.20. The van der Waals surface area contributed by atoms with Crippen molar-refractivity contribution in [2.24, 2.45) is 0 Å². The van der Waals surface area contributed by atoms with E-state index in [4.69, 9.17) is 5.11 Å². The summed E-state index contributed by atoms with van der Waals surface area (Å²) in [5.41, 5.74) is 1.82. The summed E-state index contributed by atoms with van der Waals surface area (Å²) in [6.07, 6.45) is 2.68. The molecule has 3 rings (SSSR count). The molecule has 1 aliphatic heterocycles. The van der Waals surface area contributed by atoms with E-state index < -0.39 is 6.09 Å². The smallest absolute Gasteiger partial charge is 0.407 e. The molecule has 0 aromatic carbocycles. The van der Waals surface area contributed by atoms with Gasteiger partial charge in [-0.05, 0) is 31.4 Å². The van der Waals surface area contributed by atoms with E-state index in [9.17, 15) is 4.79 Å². The number of carboxylic acid groups (broad SMARTS) is 1. The molecule has 1 fully saturated rings. The Labute approximate surface area is 108 Å². The Morgan fingerprint density at radius 2 is 2.44 bits per heavy atom. The number of rotatable bonds is 1. The maximum atomic E-state index is 11.1. The molecule has 1 aliphatic rings. The second-order valence-electron chi connectivity index (χ2n) is 4.52. The highest BCUT2D eigenvalue weighted by Gasteiger charge is 2.32. The highest BCUT2D eigenvalue weighted by molar-refractivity contribution is 7.18. The molecular weight excluding hydrogens is 250 g/mol. The van der Waals surface area contributed by atoms with Crippen LogP contribution in [0.2, 0.25) is 0 Å². The fraction of sp³-hybridized carbons (Fsp3) is 0.417. The van der Waals surface area contributed by atoms with E-state index in [0.29, 0.717) is 6.54 Å². The van der Waals surface area contributed by atoms with E-state index in [1.165, 1.54) is 4.90 Å². The maximum Gasteiger partial charge on any atom is 0.407 e. The van der Waals surface area contributed by atoms with Gasteiger partial charge in [-0.15, -0.1) is 11.3 Å². The van der Waals surface area contributed by atoms with Crippen LogP contribution in [0.15, 0.2) is 12.3 Å². The van der Waals surface area contributed by atoms with Crippen LogP contribution in [-0.2, 0) is 0 Å². The largest absolute Gasteiger partial charge is 0.465 e. The third-order valence-electron chi connectivity index (χ3n) is 3.18. The number of aromatic nitrogens is 2. The van der Waals surface area contributed by atoms with Crippen LogP contribution < -0.4 is 0 Å². The van der Waals surface area contributed by atoms with Gasteiger partial charge in [-0.3, -0.25) is 4.90 Å². The molecule has 0 aliphatic carbocycles. The number of hydrogen-bond acceptors (Lipinski definition) is 4. The lowest BCUT2D eigenvalue weighted by molar-refractivity contribution is 0.140. The predicted molar refractivity (Wildman–Crippen MR) is 68.9 cm³/mol. The molecule has 3 heterocycles. The Morgan fingerprint density at radius 3 is 3.22 bits per heavy atom. The molecule has 1 amide bonds. The number of pyridine rings is 1. The Hall–Kier alpha value is -1.69. The van der Waals surface area contributed by atoms with E-state index >= 15 is 0 Å². The standard InChI is InChI=1S/C12H13N3O2S/c1-7-5-9-10(13-6-7)14-11(18-9)8-3-2-4-15(8)12(16)17/h5-6,8H,2-4H2,1H3,(H,16,17)/t8-/m1/s1. The van der Waals surface area contributed by atoms with Gasteiger partial charge in [0.05, 0.1) is 10.7 Å². The van der Waals surface area contributed by atoms with Gasteiger partial charge in [0.25, 0.3) is 0 Å². The second-order valence-corrected chi connectivity index (χ2v) is 5.58. The summed E-state index contributed by atoms with van der Waals surface area (Å²) in [6, 6.07) is 1.95. The molecule has 2 aromatic heterocycles. The van der Waals surface area contributed by atoms with Gasteiger partial charge in [0.2, 0.25) is 0 Å². The molecule has 1 saturated heterocycles. The molecule has 1 N–H and O–H groups in total. The molecule has 0 bridgehead atoms. The minimum absolute atomic E-state index is 0.0954. The van der Waals surface area contributed by atoms with Gasteiger partial charge in [0, 0.05) is 12.7 Å².